The van der Waals surface area contributed by atoms with Crippen molar-refractivity contribution in [2.75, 3.05) is 32.1 Å². The van der Waals surface area contributed by atoms with Gasteiger partial charge in [0.1, 0.15) is 5.70 Å². The molecule has 27 heavy (non-hydrogen) atoms. The van der Waals surface area contributed by atoms with Crippen molar-refractivity contribution in [1.82, 2.24) is 4.90 Å². The van der Waals surface area contributed by atoms with Crippen LogP contribution in [-0.4, -0.2) is 48.7 Å². The van der Waals surface area contributed by atoms with Gasteiger partial charge in [-0.1, -0.05) is 42.5 Å². The molecule has 0 saturated carbocycles. The van der Waals surface area contributed by atoms with Gasteiger partial charge < -0.3 is 20.1 Å². The number of carbonyl (C=O) groups is 2. The maximum Gasteiger partial charge on any atom is 0.337 e. The normalized spacial score (nSPS) is 13.9. The molecule has 0 radical (unpaired) electrons. The van der Waals surface area contributed by atoms with E-state index in [0.29, 0.717) is 0 Å². The number of aliphatic hydroxyl groups is 1. The number of methoxy groups -OCH3 is 1. The molecule has 6 heteroatoms. The molecule has 2 N–H and O–H groups in total. The number of nitrogens with zero attached hydrogens (tertiary/aromatic N) is 1. The van der Waals surface area contributed by atoms with E-state index in [2.05, 4.69) is 17.4 Å². The fourth-order valence-electron chi connectivity index (χ4n) is 3.08. The number of amides is 1. The fourth-order valence-corrected chi connectivity index (χ4v) is 3.08. The molecule has 1 amide bonds. The zero-order valence-electron chi connectivity index (χ0n) is 15.1. The first kappa shape index (κ1) is 18.7. The maximum absolute atomic E-state index is 12.6. The minimum absolute atomic E-state index is 0.123. The Morgan fingerprint density at radius 1 is 1.15 bits per heavy atom. The molecule has 0 aliphatic carbocycles. The molecule has 3 rings (SSSR count). The smallest absolute Gasteiger partial charge is 0.337 e. The zero-order chi connectivity index (χ0) is 19.2. The first-order valence-electron chi connectivity index (χ1n) is 8.74. The van der Waals surface area contributed by atoms with Crippen LogP contribution in [0.5, 0.6) is 0 Å². The summed E-state index contributed by atoms with van der Waals surface area (Å²) in [5.74, 6) is -0.871. The molecule has 0 fully saturated rings. The van der Waals surface area contributed by atoms with E-state index in [0.717, 1.165) is 17.7 Å². The number of nitrogens with one attached hydrogen (secondary N) is 1. The number of esters is 1. The molecular weight excluding hydrogens is 344 g/mol. The first-order valence-corrected chi connectivity index (χ1v) is 8.74. The van der Waals surface area contributed by atoms with E-state index in [1.807, 2.05) is 42.5 Å². The molecule has 1 aliphatic rings. The van der Waals surface area contributed by atoms with Crippen LogP contribution >= 0.6 is 0 Å². The van der Waals surface area contributed by atoms with Crippen molar-refractivity contribution >= 4 is 17.6 Å². The van der Waals surface area contributed by atoms with Crippen molar-refractivity contribution in [3.63, 3.8) is 0 Å². The van der Waals surface area contributed by atoms with Crippen LogP contribution in [0.25, 0.3) is 0 Å². The third-order valence-electron chi connectivity index (χ3n) is 4.40. The molecule has 1 aliphatic heterocycles. The SMILES string of the molecule is COC(=O)C1=C(Nc2cccc(Cc3ccccc3)c2)C(=O)N(CCO)C1. The predicted molar refractivity (Wildman–Crippen MR) is 102 cm³/mol. The number of β-amino-alcohol motifs (C(OH)–C–C–N with tert-alkyl or cyclic N) is 1. The molecule has 0 saturated heterocycles. The lowest BCUT2D eigenvalue weighted by molar-refractivity contribution is -0.136. The Kier molecular flexibility index (Phi) is 5.88. The van der Waals surface area contributed by atoms with Crippen molar-refractivity contribution in [1.29, 1.82) is 0 Å². The quantitative estimate of drug-likeness (QED) is 0.733. The Morgan fingerprint density at radius 3 is 2.59 bits per heavy atom. The fraction of sp³-hybridized carbons (Fsp3) is 0.238. The van der Waals surface area contributed by atoms with Gasteiger partial charge in [-0.2, -0.15) is 0 Å². The Balaban J connectivity index is 1.83. The molecule has 0 spiro atoms. The minimum Gasteiger partial charge on any atom is -0.466 e. The second kappa shape index (κ2) is 8.51. The van der Waals surface area contributed by atoms with Crippen LogP contribution in [0.4, 0.5) is 5.69 Å². The van der Waals surface area contributed by atoms with Gasteiger partial charge in [-0.25, -0.2) is 4.79 Å². The van der Waals surface area contributed by atoms with E-state index in [1.165, 1.54) is 17.6 Å². The molecule has 0 atom stereocenters. The number of ether oxygens (including phenoxy) is 1. The third-order valence-corrected chi connectivity index (χ3v) is 4.40. The summed E-state index contributed by atoms with van der Waals surface area (Å²) in [6.45, 7) is 0.122. The lowest BCUT2D eigenvalue weighted by Gasteiger charge is -2.15. The van der Waals surface area contributed by atoms with Gasteiger partial charge >= 0.3 is 5.97 Å². The molecule has 140 valence electrons. The van der Waals surface area contributed by atoms with Crippen LogP contribution in [-0.2, 0) is 20.7 Å². The molecular formula is C21H22N2O4. The monoisotopic (exact) mass is 366 g/mol. The van der Waals surface area contributed by atoms with E-state index in [1.54, 1.807) is 0 Å². The van der Waals surface area contributed by atoms with Gasteiger partial charge in [0, 0.05) is 12.2 Å². The highest BCUT2D eigenvalue weighted by Crippen LogP contribution is 2.23. The topological polar surface area (TPSA) is 78.9 Å². The van der Waals surface area contributed by atoms with E-state index < -0.39 is 5.97 Å². The predicted octanol–water partition coefficient (Wildman–Crippen LogP) is 1.95. The van der Waals surface area contributed by atoms with Gasteiger partial charge in [0.05, 0.1) is 25.8 Å². The molecule has 2 aromatic rings. The summed E-state index contributed by atoms with van der Waals surface area (Å²) in [7, 11) is 1.28. The largest absolute Gasteiger partial charge is 0.466 e. The summed E-state index contributed by atoms with van der Waals surface area (Å²) < 4.78 is 4.80. The van der Waals surface area contributed by atoms with Crippen molar-refractivity contribution in [2.45, 2.75) is 6.42 Å². The number of benzene rings is 2. The van der Waals surface area contributed by atoms with Gasteiger partial charge in [0.25, 0.3) is 5.91 Å². The number of aliphatic hydroxyl groups excluding tert-OH is 1. The standard InChI is InChI=1S/C21H22N2O4/c1-27-21(26)18-14-23(10-11-24)20(25)19(18)22-17-9-5-8-16(13-17)12-15-6-3-2-4-7-15/h2-9,13,22,24H,10-12,14H2,1H3. The van der Waals surface area contributed by atoms with Crippen LogP contribution < -0.4 is 5.32 Å². The molecule has 6 nitrogen and oxygen atoms in total. The second-order valence-electron chi connectivity index (χ2n) is 6.28. The van der Waals surface area contributed by atoms with E-state index >= 15 is 0 Å². The number of anilines is 1. The number of hydrogen-bond donors (Lipinski definition) is 2. The van der Waals surface area contributed by atoms with E-state index in [9.17, 15) is 9.59 Å². The molecule has 0 unspecified atom stereocenters. The van der Waals surface area contributed by atoms with Crippen LogP contribution in [0.1, 0.15) is 11.1 Å². The zero-order valence-corrected chi connectivity index (χ0v) is 15.1. The second-order valence-corrected chi connectivity index (χ2v) is 6.28. The maximum atomic E-state index is 12.6. The third kappa shape index (κ3) is 4.35. The van der Waals surface area contributed by atoms with Gasteiger partial charge in [-0.05, 0) is 29.7 Å². The number of carbonyl (C=O) groups excluding carboxylic acids is 2. The van der Waals surface area contributed by atoms with Gasteiger partial charge in [0.2, 0.25) is 0 Å². The number of hydrogen-bond acceptors (Lipinski definition) is 5. The van der Waals surface area contributed by atoms with Gasteiger partial charge in [-0.15, -0.1) is 0 Å². The number of rotatable bonds is 7. The highest BCUT2D eigenvalue weighted by atomic mass is 16.5. The van der Waals surface area contributed by atoms with E-state index in [-0.39, 0.29) is 36.9 Å². The average Bonchev–Trinajstić information content (AvgIpc) is 2.99. The molecule has 0 aromatic heterocycles. The van der Waals surface area contributed by atoms with Crippen LogP contribution in [0.2, 0.25) is 0 Å². The van der Waals surface area contributed by atoms with Crippen molar-refractivity contribution in [2.24, 2.45) is 0 Å². The van der Waals surface area contributed by atoms with Crippen LogP contribution in [0.3, 0.4) is 0 Å². The minimum atomic E-state index is -0.549. The van der Waals surface area contributed by atoms with Crippen molar-refractivity contribution in [3.8, 4) is 0 Å². The Hall–Kier alpha value is -3.12. The average molecular weight is 366 g/mol. The summed E-state index contributed by atoms with van der Waals surface area (Å²) in [6, 6.07) is 17.8. The van der Waals surface area contributed by atoms with Crippen molar-refractivity contribution in [3.05, 3.63) is 77.0 Å². The van der Waals surface area contributed by atoms with Crippen molar-refractivity contribution < 1.29 is 19.4 Å². The Bertz CT molecular complexity index is 861. The summed E-state index contributed by atoms with van der Waals surface area (Å²) in [5.41, 5.74) is 3.47. The van der Waals surface area contributed by atoms with Crippen LogP contribution in [0.15, 0.2) is 65.9 Å². The van der Waals surface area contributed by atoms with Crippen LogP contribution in [0, 0.1) is 0 Å². The molecule has 0 bridgehead atoms. The van der Waals surface area contributed by atoms with E-state index in [4.69, 9.17) is 9.84 Å². The lowest BCUT2D eigenvalue weighted by Crippen LogP contribution is -2.31. The summed E-state index contributed by atoms with van der Waals surface area (Å²) in [4.78, 5) is 26.1. The van der Waals surface area contributed by atoms with Gasteiger partial charge in [0.15, 0.2) is 0 Å². The molecule has 2 aromatic carbocycles. The highest BCUT2D eigenvalue weighted by molar-refractivity contribution is 6.08. The highest BCUT2D eigenvalue weighted by Gasteiger charge is 2.34. The Morgan fingerprint density at radius 2 is 1.89 bits per heavy atom. The first-order chi connectivity index (χ1) is 13.1. The lowest BCUT2D eigenvalue weighted by atomic mass is 10.0. The van der Waals surface area contributed by atoms with Gasteiger partial charge in [-0.3, -0.25) is 4.79 Å². The molecule has 1 heterocycles. The summed E-state index contributed by atoms with van der Waals surface area (Å²) >= 11 is 0. The summed E-state index contributed by atoms with van der Waals surface area (Å²) in [5, 5.41) is 12.2. The summed E-state index contributed by atoms with van der Waals surface area (Å²) in [6.07, 6.45) is 0.768. The Labute approximate surface area is 158 Å².